The van der Waals surface area contributed by atoms with E-state index in [1.807, 2.05) is 24.3 Å². The van der Waals surface area contributed by atoms with Crippen LogP contribution in [0, 0.1) is 12.7 Å². The zero-order valence-corrected chi connectivity index (χ0v) is 14.8. The van der Waals surface area contributed by atoms with Crippen molar-refractivity contribution in [2.75, 3.05) is 0 Å². The monoisotopic (exact) mass is 363 g/mol. The van der Waals surface area contributed by atoms with Crippen molar-refractivity contribution in [3.05, 3.63) is 76.7 Å². The molecule has 1 atom stereocenters. The van der Waals surface area contributed by atoms with Gasteiger partial charge in [0.25, 0.3) is 5.91 Å². The number of carbonyl (C=O) groups excluding carboxylic acids is 2. The number of benzene rings is 2. The quantitative estimate of drug-likeness (QED) is 0.761. The summed E-state index contributed by atoms with van der Waals surface area (Å²) in [5, 5.41) is 0.665. The van der Waals surface area contributed by atoms with Gasteiger partial charge in [-0.2, -0.15) is 0 Å². The molecular formula is C21H18FN3O2. The Balaban J connectivity index is 1.77. The fourth-order valence-corrected chi connectivity index (χ4v) is 3.60. The lowest BCUT2D eigenvalue weighted by Crippen LogP contribution is -2.51. The van der Waals surface area contributed by atoms with Crippen LogP contribution in [0.3, 0.4) is 0 Å². The van der Waals surface area contributed by atoms with Crippen molar-refractivity contribution in [3.63, 3.8) is 0 Å². The van der Waals surface area contributed by atoms with E-state index < -0.39 is 11.9 Å². The van der Waals surface area contributed by atoms with Crippen LogP contribution in [0.5, 0.6) is 0 Å². The van der Waals surface area contributed by atoms with Crippen LogP contribution in [0.2, 0.25) is 0 Å². The lowest BCUT2D eigenvalue weighted by atomic mass is 9.92. The average Bonchev–Trinajstić information content (AvgIpc) is 2.65. The van der Waals surface area contributed by atoms with Gasteiger partial charge in [-0.15, -0.1) is 0 Å². The van der Waals surface area contributed by atoms with Gasteiger partial charge in [0.15, 0.2) is 0 Å². The topological polar surface area (TPSA) is 76.3 Å². The first-order valence-corrected chi connectivity index (χ1v) is 8.68. The Hall–Kier alpha value is -3.28. The third kappa shape index (κ3) is 3.03. The molecule has 2 amide bonds. The molecule has 1 aliphatic rings. The number of carbonyl (C=O) groups is 2. The highest BCUT2D eigenvalue weighted by atomic mass is 19.1. The summed E-state index contributed by atoms with van der Waals surface area (Å²) in [7, 11) is 0. The van der Waals surface area contributed by atoms with Gasteiger partial charge in [-0.1, -0.05) is 24.3 Å². The summed E-state index contributed by atoms with van der Waals surface area (Å²) < 4.78 is 13.4. The molecule has 6 heteroatoms. The number of nitrogens with two attached hydrogens (primary N) is 1. The summed E-state index contributed by atoms with van der Waals surface area (Å²) >= 11 is 0. The van der Waals surface area contributed by atoms with Crippen molar-refractivity contribution in [2.24, 2.45) is 5.73 Å². The van der Waals surface area contributed by atoms with Crippen LogP contribution in [0.4, 0.5) is 4.39 Å². The number of aromatic nitrogens is 1. The molecule has 0 bridgehead atoms. The molecular weight excluding hydrogens is 345 g/mol. The molecule has 27 heavy (non-hydrogen) atoms. The van der Waals surface area contributed by atoms with Gasteiger partial charge in [-0.05, 0) is 36.2 Å². The predicted molar refractivity (Wildman–Crippen MR) is 99.4 cm³/mol. The second-order valence-electron chi connectivity index (χ2n) is 6.78. The highest BCUT2D eigenvalue weighted by molar-refractivity contribution is 6.01. The highest BCUT2D eigenvalue weighted by Gasteiger charge is 2.34. The van der Waals surface area contributed by atoms with E-state index >= 15 is 0 Å². The number of nitrogens with zero attached hydrogens (tertiary/aromatic N) is 2. The van der Waals surface area contributed by atoms with Crippen molar-refractivity contribution >= 4 is 22.7 Å². The Bertz CT molecular complexity index is 1080. The number of fused-ring (bicyclic) bond motifs is 2. The van der Waals surface area contributed by atoms with Gasteiger partial charge in [0.05, 0.1) is 16.8 Å². The molecule has 0 aliphatic carbocycles. The Morgan fingerprint density at radius 2 is 1.89 bits per heavy atom. The number of halogens is 1. The van der Waals surface area contributed by atoms with E-state index in [1.54, 1.807) is 19.1 Å². The zero-order chi connectivity index (χ0) is 19.1. The number of pyridine rings is 1. The Kier molecular flexibility index (Phi) is 4.11. The molecule has 0 fully saturated rings. The first kappa shape index (κ1) is 17.1. The molecule has 1 aromatic heterocycles. The molecule has 5 nitrogen and oxygen atoms in total. The van der Waals surface area contributed by atoms with E-state index in [2.05, 4.69) is 4.98 Å². The zero-order valence-electron chi connectivity index (χ0n) is 14.8. The lowest BCUT2D eigenvalue weighted by Gasteiger charge is -2.35. The minimum Gasteiger partial charge on any atom is -0.368 e. The third-order valence-corrected chi connectivity index (χ3v) is 5.04. The second-order valence-corrected chi connectivity index (χ2v) is 6.78. The first-order chi connectivity index (χ1) is 12.9. The average molecular weight is 363 g/mol. The number of amides is 2. The summed E-state index contributed by atoms with van der Waals surface area (Å²) in [6.07, 6.45) is 0.391. The first-order valence-electron chi connectivity index (χ1n) is 8.68. The van der Waals surface area contributed by atoms with Crippen LogP contribution in [0.25, 0.3) is 10.9 Å². The number of aryl methyl sites for hydroxylation is 1. The fraction of sp³-hybridized carbons (Fsp3) is 0.190. The molecule has 3 aromatic rings. The Morgan fingerprint density at radius 1 is 1.15 bits per heavy atom. The minimum atomic E-state index is -0.712. The number of hydrogen-bond acceptors (Lipinski definition) is 3. The molecule has 0 unspecified atom stereocenters. The molecule has 2 heterocycles. The van der Waals surface area contributed by atoms with Gasteiger partial charge < -0.3 is 10.6 Å². The number of hydrogen-bond donors (Lipinski definition) is 1. The van der Waals surface area contributed by atoms with Crippen LogP contribution in [0.1, 0.15) is 27.2 Å². The van der Waals surface area contributed by atoms with Crippen LogP contribution in [-0.2, 0) is 17.8 Å². The SMILES string of the molecule is Cc1nc2cc(F)ccc2cc1C(=O)N1Cc2ccccc2C[C@H]1C(N)=O. The maximum Gasteiger partial charge on any atom is 0.256 e. The van der Waals surface area contributed by atoms with Gasteiger partial charge in [0.2, 0.25) is 5.91 Å². The largest absolute Gasteiger partial charge is 0.368 e. The summed E-state index contributed by atoms with van der Waals surface area (Å²) in [5.74, 6) is -1.22. The Labute approximate surface area is 155 Å². The number of primary amides is 1. The molecule has 4 rings (SSSR count). The van der Waals surface area contributed by atoms with E-state index in [0.29, 0.717) is 35.1 Å². The summed E-state index contributed by atoms with van der Waals surface area (Å²) in [4.78, 5) is 31.1. The third-order valence-electron chi connectivity index (χ3n) is 5.04. The molecule has 0 radical (unpaired) electrons. The molecule has 136 valence electrons. The maximum atomic E-state index is 13.4. The van der Waals surface area contributed by atoms with Gasteiger partial charge in [-0.25, -0.2) is 4.39 Å². The lowest BCUT2D eigenvalue weighted by molar-refractivity contribution is -0.122. The summed E-state index contributed by atoms with van der Waals surface area (Å²) in [6.45, 7) is 2.01. The number of rotatable bonds is 2. The van der Waals surface area contributed by atoms with Crippen LogP contribution in [-0.4, -0.2) is 27.7 Å². The molecule has 0 spiro atoms. The molecule has 0 saturated heterocycles. The molecule has 1 aliphatic heterocycles. The Morgan fingerprint density at radius 3 is 2.63 bits per heavy atom. The van der Waals surface area contributed by atoms with Gasteiger partial charge in [0.1, 0.15) is 11.9 Å². The van der Waals surface area contributed by atoms with E-state index in [-0.39, 0.29) is 11.7 Å². The van der Waals surface area contributed by atoms with Gasteiger partial charge in [0, 0.05) is 24.4 Å². The smallest absolute Gasteiger partial charge is 0.256 e. The summed E-state index contributed by atoms with van der Waals surface area (Å²) in [6, 6.07) is 12.9. The van der Waals surface area contributed by atoms with Crippen LogP contribution >= 0.6 is 0 Å². The second kappa shape index (κ2) is 6.46. The summed E-state index contributed by atoms with van der Waals surface area (Å²) in [5.41, 5.74) is 8.97. The fourth-order valence-electron chi connectivity index (χ4n) is 3.60. The van der Waals surface area contributed by atoms with Crippen molar-refractivity contribution in [3.8, 4) is 0 Å². The minimum absolute atomic E-state index is 0.301. The van der Waals surface area contributed by atoms with Crippen molar-refractivity contribution < 1.29 is 14.0 Å². The van der Waals surface area contributed by atoms with Crippen molar-refractivity contribution in [1.29, 1.82) is 0 Å². The van der Waals surface area contributed by atoms with Crippen molar-refractivity contribution in [1.82, 2.24) is 9.88 Å². The van der Waals surface area contributed by atoms with E-state index in [1.165, 1.54) is 17.0 Å². The van der Waals surface area contributed by atoms with E-state index in [0.717, 1.165) is 11.1 Å². The van der Waals surface area contributed by atoms with Gasteiger partial charge >= 0.3 is 0 Å². The normalized spacial score (nSPS) is 16.2. The molecule has 0 saturated carbocycles. The molecule has 2 N–H and O–H groups in total. The molecule has 2 aromatic carbocycles. The van der Waals surface area contributed by atoms with Crippen LogP contribution in [0.15, 0.2) is 48.5 Å². The van der Waals surface area contributed by atoms with E-state index in [9.17, 15) is 14.0 Å². The highest BCUT2D eigenvalue weighted by Crippen LogP contribution is 2.26. The van der Waals surface area contributed by atoms with E-state index in [4.69, 9.17) is 5.73 Å². The maximum absolute atomic E-state index is 13.4. The van der Waals surface area contributed by atoms with Gasteiger partial charge in [-0.3, -0.25) is 14.6 Å². The van der Waals surface area contributed by atoms with Crippen molar-refractivity contribution in [2.45, 2.75) is 25.9 Å². The predicted octanol–water partition coefficient (Wildman–Crippen LogP) is 2.73. The standard InChI is InChI=1S/C21H18FN3O2/c1-12-17(8-14-6-7-16(22)10-18(14)24-12)21(27)25-11-15-5-3-2-4-13(15)9-19(25)20(23)26/h2-8,10,19H,9,11H2,1H3,(H2,23,26)/t19-/m0/s1. The van der Waals surface area contributed by atoms with Crippen LogP contribution < -0.4 is 5.73 Å².